The van der Waals surface area contributed by atoms with Gasteiger partial charge < -0.3 is 0 Å². The van der Waals surface area contributed by atoms with Crippen molar-refractivity contribution in [3.63, 3.8) is 0 Å². The molecule has 0 aliphatic carbocycles. The quantitative estimate of drug-likeness (QED) is 0.721. The van der Waals surface area contributed by atoms with Crippen molar-refractivity contribution in [1.29, 1.82) is 0 Å². The van der Waals surface area contributed by atoms with Gasteiger partial charge in [0.1, 0.15) is 0 Å². The highest BCUT2D eigenvalue weighted by atomic mass is 79.9. The molecule has 0 radical (unpaired) electrons. The molecule has 80 valence electrons. The van der Waals surface area contributed by atoms with Gasteiger partial charge in [0.2, 0.25) is 0 Å². The van der Waals surface area contributed by atoms with E-state index < -0.39 is 11.7 Å². The molecule has 2 nitrogen and oxygen atoms in total. The first-order valence-electron chi connectivity index (χ1n) is 4.12. The average molecular weight is 279 g/mol. The van der Waals surface area contributed by atoms with Crippen molar-refractivity contribution in [1.82, 2.24) is 8.58 Å². The van der Waals surface area contributed by atoms with Gasteiger partial charge in [-0.15, -0.1) is 0 Å². The lowest BCUT2D eigenvalue weighted by Crippen LogP contribution is -2.06. The molecule has 2 aromatic heterocycles. The third-order valence-corrected chi connectivity index (χ3v) is 3.05. The Kier molecular flexibility index (Phi) is 2.26. The van der Waals surface area contributed by atoms with Crippen LogP contribution in [-0.2, 0) is 6.18 Å². The van der Waals surface area contributed by atoms with Crippen LogP contribution in [0.15, 0.2) is 18.3 Å². The number of rotatable bonds is 0. The molecule has 6 heteroatoms. The van der Waals surface area contributed by atoms with Crippen LogP contribution in [0, 0.1) is 6.92 Å². The zero-order valence-corrected chi connectivity index (χ0v) is 9.22. The highest BCUT2D eigenvalue weighted by Crippen LogP contribution is 2.38. The summed E-state index contributed by atoms with van der Waals surface area (Å²) in [6, 6.07) is 2.90. The van der Waals surface area contributed by atoms with Gasteiger partial charge >= 0.3 is 6.18 Å². The van der Waals surface area contributed by atoms with E-state index in [-0.39, 0.29) is 16.7 Å². The van der Waals surface area contributed by atoms with Crippen LogP contribution < -0.4 is 0 Å². The van der Waals surface area contributed by atoms with Crippen molar-refractivity contribution >= 4 is 27.2 Å². The van der Waals surface area contributed by atoms with Gasteiger partial charge in [-0.3, -0.25) is 3.59 Å². The average Bonchev–Trinajstić information content (AvgIpc) is 2.39. The van der Waals surface area contributed by atoms with Gasteiger partial charge in [0, 0.05) is 17.3 Å². The van der Waals surface area contributed by atoms with E-state index in [9.17, 15) is 13.2 Å². The number of fused-ring (bicyclic) bond motifs is 1. The lowest BCUT2D eigenvalue weighted by molar-refractivity contribution is -0.136. The maximum absolute atomic E-state index is 12.7. The molecule has 0 N–H and O–H groups in total. The smallest absolute Gasteiger partial charge is 0.264 e. The minimum atomic E-state index is -4.36. The fourth-order valence-electron chi connectivity index (χ4n) is 1.56. The van der Waals surface area contributed by atoms with Gasteiger partial charge in [0.15, 0.2) is 5.65 Å². The Hall–Kier alpha value is -1.04. The second-order valence-corrected chi connectivity index (χ2v) is 3.82. The van der Waals surface area contributed by atoms with Crippen LogP contribution in [0.3, 0.4) is 0 Å². The zero-order chi connectivity index (χ0) is 11.2. The van der Waals surface area contributed by atoms with Crippen LogP contribution in [0.2, 0.25) is 0 Å². The maximum atomic E-state index is 12.7. The summed E-state index contributed by atoms with van der Waals surface area (Å²) in [5, 5.41) is 0.111. The van der Waals surface area contributed by atoms with Gasteiger partial charge in [-0.05, 0) is 19.1 Å². The van der Waals surface area contributed by atoms with E-state index in [1.54, 1.807) is 0 Å². The molecular formula is C9H6BrF3N2. The molecule has 0 spiro atoms. The molecule has 0 aliphatic heterocycles. The molecule has 2 aromatic rings. The Morgan fingerprint density at radius 1 is 1.40 bits per heavy atom. The van der Waals surface area contributed by atoms with Gasteiger partial charge in [-0.25, -0.2) is 4.98 Å². The predicted molar refractivity (Wildman–Crippen MR) is 53.8 cm³/mol. The van der Waals surface area contributed by atoms with E-state index in [2.05, 4.69) is 21.1 Å². The number of hydrogen-bond donors (Lipinski definition) is 0. The van der Waals surface area contributed by atoms with Crippen LogP contribution in [0.4, 0.5) is 13.2 Å². The lowest BCUT2D eigenvalue weighted by atomic mass is 10.2. The molecule has 2 rings (SSSR count). The standard InChI is InChI=1S/C9H6BrF3N2/c1-5-7(9(11,12)13)6-3-2-4-14-8(6)15(5)10/h2-4H,1H3. The van der Waals surface area contributed by atoms with Crippen molar-refractivity contribution < 1.29 is 13.2 Å². The Balaban J connectivity index is 2.90. The van der Waals surface area contributed by atoms with Gasteiger partial charge in [-0.1, -0.05) is 0 Å². The van der Waals surface area contributed by atoms with Crippen molar-refractivity contribution in [2.24, 2.45) is 0 Å². The van der Waals surface area contributed by atoms with Crippen LogP contribution >= 0.6 is 16.1 Å². The van der Waals surface area contributed by atoms with E-state index in [1.165, 1.54) is 28.8 Å². The second kappa shape index (κ2) is 3.23. The largest absolute Gasteiger partial charge is 0.418 e. The summed E-state index contributed by atoms with van der Waals surface area (Å²) in [6.07, 6.45) is -2.90. The summed E-state index contributed by atoms with van der Waals surface area (Å²) in [7, 11) is 0. The van der Waals surface area contributed by atoms with Crippen molar-refractivity contribution in [3.8, 4) is 0 Å². The summed E-state index contributed by atoms with van der Waals surface area (Å²) in [5.74, 6) is 0. The molecule has 0 aliphatic rings. The van der Waals surface area contributed by atoms with Crippen molar-refractivity contribution in [3.05, 3.63) is 29.6 Å². The van der Waals surface area contributed by atoms with Crippen molar-refractivity contribution in [2.75, 3.05) is 0 Å². The van der Waals surface area contributed by atoms with E-state index in [0.717, 1.165) is 0 Å². The number of hydrogen-bond acceptors (Lipinski definition) is 1. The minimum Gasteiger partial charge on any atom is -0.264 e. The molecule has 0 saturated heterocycles. The summed E-state index contributed by atoms with van der Waals surface area (Å²) in [5.41, 5.74) is -0.249. The summed E-state index contributed by atoms with van der Waals surface area (Å²) in [4.78, 5) is 3.89. The third kappa shape index (κ3) is 1.52. The fourth-order valence-corrected chi connectivity index (χ4v) is 2.02. The fraction of sp³-hybridized carbons (Fsp3) is 0.222. The SMILES string of the molecule is Cc1c(C(F)(F)F)c2cccnc2n1Br. The second-order valence-electron chi connectivity index (χ2n) is 3.11. The Morgan fingerprint density at radius 2 is 2.07 bits per heavy atom. The molecule has 0 aromatic carbocycles. The molecule has 0 amide bonds. The highest BCUT2D eigenvalue weighted by Gasteiger charge is 2.37. The normalized spacial score (nSPS) is 12.3. The first-order valence-corrected chi connectivity index (χ1v) is 4.83. The molecule has 0 saturated carbocycles. The topological polar surface area (TPSA) is 17.8 Å². The van der Waals surface area contributed by atoms with E-state index >= 15 is 0 Å². The van der Waals surface area contributed by atoms with E-state index in [0.29, 0.717) is 0 Å². The monoisotopic (exact) mass is 278 g/mol. The Morgan fingerprint density at radius 3 is 2.67 bits per heavy atom. The molecule has 0 unspecified atom stereocenters. The van der Waals surface area contributed by atoms with Crippen LogP contribution in [-0.4, -0.2) is 8.58 Å². The molecule has 0 bridgehead atoms. The molecule has 15 heavy (non-hydrogen) atoms. The highest BCUT2D eigenvalue weighted by molar-refractivity contribution is 9.08. The zero-order valence-electron chi connectivity index (χ0n) is 7.64. The van der Waals surface area contributed by atoms with Gasteiger partial charge in [-0.2, -0.15) is 13.2 Å². The Labute approximate surface area is 92.1 Å². The molecule has 0 atom stereocenters. The summed E-state index contributed by atoms with van der Waals surface area (Å²) in [6.45, 7) is 1.40. The number of nitrogens with zero attached hydrogens (tertiary/aromatic N) is 2. The summed E-state index contributed by atoms with van der Waals surface area (Å²) < 4.78 is 39.5. The van der Waals surface area contributed by atoms with Crippen LogP contribution in [0.25, 0.3) is 11.0 Å². The first kappa shape index (κ1) is 10.5. The third-order valence-electron chi connectivity index (χ3n) is 2.18. The van der Waals surface area contributed by atoms with Gasteiger partial charge in [0.25, 0.3) is 0 Å². The molecule has 0 fully saturated rings. The molecule has 2 heterocycles. The van der Waals surface area contributed by atoms with Gasteiger partial charge in [0.05, 0.1) is 21.7 Å². The van der Waals surface area contributed by atoms with E-state index in [4.69, 9.17) is 0 Å². The number of aromatic nitrogens is 2. The molecular weight excluding hydrogens is 273 g/mol. The van der Waals surface area contributed by atoms with E-state index in [1.807, 2.05) is 0 Å². The number of pyridine rings is 1. The first-order chi connectivity index (χ1) is 6.93. The lowest BCUT2D eigenvalue weighted by Gasteiger charge is -2.05. The predicted octanol–water partition coefficient (Wildman–Crippen LogP) is 3.52. The maximum Gasteiger partial charge on any atom is 0.418 e. The Bertz CT molecular complexity index is 516. The number of alkyl halides is 3. The van der Waals surface area contributed by atoms with Crippen molar-refractivity contribution in [2.45, 2.75) is 13.1 Å². The minimum absolute atomic E-state index is 0.108. The van der Waals surface area contributed by atoms with Crippen LogP contribution in [0.1, 0.15) is 11.3 Å². The van der Waals surface area contributed by atoms with Crippen LogP contribution in [0.5, 0.6) is 0 Å². The number of halogens is 4. The summed E-state index contributed by atoms with van der Waals surface area (Å²) >= 11 is 3.05.